The Balaban J connectivity index is 1.50. The van der Waals surface area contributed by atoms with Crippen LogP contribution in [0.5, 0.6) is 0 Å². The summed E-state index contributed by atoms with van der Waals surface area (Å²) in [6, 6.07) is 3.19. The predicted octanol–water partition coefficient (Wildman–Crippen LogP) is 9.50. The molecule has 0 N–H and O–H groups in total. The maximum Gasteiger partial charge on any atom is 0.132 e. The number of unbranched alkanes of at least 4 members (excludes halogenated alkanes) is 3. The Hall–Kier alpha value is -0.960. The second-order valence-electron chi connectivity index (χ2n) is 10.7. The van der Waals surface area contributed by atoms with Crippen molar-refractivity contribution >= 4 is 0 Å². The number of hydrogen-bond donors (Lipinski definition) is 0. The van der Waals surface area contributed by atoms with Crippen molar-refractivity contribution in [1.82, 2.24) is 0 Å². The smallest absolute Gasteiger partial charge is 0.132 e. The van der Waals surface area contributed by atoms with Crippen LogP contribution in [0.15, 0.2) is 12.1 Å². The van der Waals surface area contributed by atoms with Gasteiger partial charge in [0, 0.05) is 6.61 Å². The fourth-order valence-corrected chi connectivity index (χ4v) is 6.38. The van der Waals surface area contributed by atoms with Gasteiger partial charge in [-0.1, -0.05) is 58.8 Å². The minimum absolute atomic E-state index is 0.0989. The molecule has 2 fully saturated rings. The van der Waals surface area contributed by atoms with Crippen LogP contribution in [0.1, 0.15) is 134 Å². The van der Waals surface area contributed by atoms with Crippen molar-refractivity contribution in [3.63, 3.8) is 0 Å². The van der Waals surface area contributed by atoms with E-state index in [4.69, 9.17) is 4.74 Å². The predicted molar refractivity (Wildman–Crippen MR) is 130 cm³/mol. The molecule has 0 aliphatic heterocycles. The molecule has 2 aliphatic rings. The highest BCUT2D eigenvalue weighted by molar-refractivity contribution is 5.30. The maximum absolute atomic E-state index is 14.9. The second-order valence-corrected chi connectivity index (χ2v) is 10.7. The topological polar surface area (TPSA) is 9.23 Å². The van der Waals surface area contributed by atoms with Crippen molar-refractivity contribution in [2.24, 2.45) is 17.8 Å². The van der Waals surface area contributed by atoms with Crippen LogP contribution < -0.4 is 0 Å². The third-order valence-electron chi connectivity index (χ3n) is 8.37. The Kier molecular flexibility index (Phi) is 10.5. The number of hydrogen-bond acceptors (Lipinski definition) is 1. The van der Waals surface area contributed by atoms with Crippen LogP contribution >= 0.6 is 0 Å². The number of rotatable bonds is 11. The summed E-state index contributed by atoms with van der Waals surface area (Å²) in [6.45, 7) is 6.79. The molecule has 0 bridgehead atoms. The first kappa shape index (κ1) is 25.7. The van der Waals surface area contributed by atoms with Crippen LogP contribution in [0, 0.1) is 29.4 Å². The third kappa shape index (κ3) is 7.02. The van der Waals surface area contributed by atoms with Crippen molar-refractivity contribution in [2.45, 2.75) is 123 Å². The van der Waals surface area contributed by atoms with Gasteiger partial charge >= 0.3 is 0 Å². The van der Waals surface area contributed by atoms with Gasteiger partial charge in [-0.2, -0.15) is 0 Å². The van der Waals surface area contributed by atoms with E-state index < -0.39 is 17.7 Å². The Bertz CT molecular complexity index is 649. The van der Waals surface area contributed by atoms with Crippen LogP contribution in [0.4, 0.5) is 8.78 Å². The van der Waals surface area contributed by atoms with Gasteiger partial charge in [0.05, 0.1) is 11.7 Å². The van der Waals surface area contributed by atoms with Crippen LogP contribution in [0.3, 0.4) is 0 Å². The lowest BCUT2D eigenvalue weighted by molar-refractivity contribution is 0.0578. The van der Waals surface area contributed by atoms with E-state index in [1.807, 2.05) is 0 Å². The van der Waals surface area contributed by atoms with E-state index in [1.165, 1.54) is 64.2 Å². The third-order valence-corrected chi connectivity index (χ3v) is 8.37. The Morgan fingerprint density at radius 1 is 0.812 bits per heavy atom. The zero-order valence-corrected chi connectivity index (χ0v) is 20.8. The fourth-order valence-electron chi connectivity index (χ4n) is 6.38. The molecule has 0 spiro atoms. The minimum atomic E-state index is -0.538. The average Bonchev–Trinajstić information content (AvgIpc) is 2.79. The molecule has 1 atom stereocenters. The molecule has 3 heteroatoms. The second kappa shape index (κ2) is 13.1. The molecule has 1 unspecified atom stereocenters. The molecule has 0 heterocycles. The molecule has 2 saturated carbocycles. The van der Waals surface area contributed by atoms with E-state index in [2.05, 4.69) is 13.8 Å². The van der Waals surface area contributed by atoms with E-state index in [0.717, 1.165) is 49.0 Å². The van der Waals surface area contributed by atoms with Gasteiger partial charge in [-0.3, -0.25) is 0 Å². The number of benzene rings is 1. The van der Waals surface area contributed by atoms with Gasteiger partial charge in [0.2, 0.25) is 0 Å². The van der Waals surface area contributed by atoms with E-state index in [9.17, 15) is 8.78 Å². The fraction of sp³-hybridized carbons (Fsp3) is 0.793. The summed E-state index contributed by atoms with van der Waals surface area (Å²) in [7, 11) is 0. The lowest BCUT2D eigenvalue weighted by atomic mass is 9.68. The van der Waals surface area contributed by atoms with Crippen molar-refractivity contribution in [3.8, 4) is 0 Å². The first-order valence-corrected chi connectivity index (χ1v) is 13.6. The quantitative estimate of drug-likeness (QED) is 0.306. The minimum Gasteiger partial charge on any atom is -0.374 e. The van der Waals surface area contributed by atoms with Crippen LogP contribution in [-0.2, 0) is 4.74 Å². The van der Waals surface area contributed by atoms with Gasteiger partial charge in [-0.25, -0.2) is 8.78 Å². The molecule has 0 aromatic heterocycles. The van der Waals surface area contributed by atoms with Crippen LogP contribution in [0.25, 0.3) is 0 Å². The molecule has 1 aromatic rings. The van der Waals surface area contributed by atoms with E-state index in [1.54, 1.807) is 19.1 Å². The summed E-state index contributed by atoms with van der Waals surface area (Å²) in [6.07, 6.45) is 16.8. The molecule has 1 nitrogen and oxygen atoms in total. The van der Waals surface area contributed by atoms with Crippen molar-refractivity contribution in [2.75, 3.05) is 6.61 Å². The molecule has 0 radical (unpaired) electrons. The summed E-state index contributed by atoms with van der Waals surface area (Å²) < 4.78 is 35.5. The molecular weight excluding hydrogens is 402 g/mol. The number of ether oxygens (including phenoxy) is 1. The van der Waals surface area contributed by atoms with E-state index in [-0.39, 0.29) is 5.56 Å². The molecule has 182 valence electrons. The SMILES string of the molecule is CCCCCCOC(C)c1c(F)cc(C2CCC(C3CCC(CCC)CC3)CC2)cc1F. The van der Waals surface area contributed by atoms with Gasteiger partial charge in [-0.05, 0) is 93.2 Å². The first-order chi connectivity index (χ1) is 15.5. The monoisotopic (exact) mass is 448 g/mol. The highest BCUT2D eigenvalue weighted by Crippen LogP contribution is 2.45. The van der Waals surface area contributed by atoms with E-state index >= 15 is 0 Å². The molecule has 3 rings (SSSR count). The lowest BCUT2D eigenvalue weighted by Crippen LogP contribution is -2.25. The Morgan fingerprint density at radius 2 is 1.41 bits per heavy atom. The average molecular weight is 449 g/mol. The molecule has 1 aromatic carbocycles. The highest BCUT2D eigenvalue weighted by atomic mass is 19.1. The van der Waals surface area contributed by atoms with Gasteiger partial charge in [0.15, 0.2) is 0 Å². The molecule has 2 aliphatic carbocycles. The lowest BCUT2D eigenvalue weighted by Gasteiger charge is -2.38. The zero-order chi connectivity index (χ0) is 22.9. The maximum atomic E-state index is 14.9. The van der Waals surface area contributed by atoms with Gasteiger partial charge in [-0.15, -0.1) is 0 Å². The van der Waals surface area contributed by atoms with Gasteiger partial charge in [0.1, 0.15) is 11.6 Å². The Labute approximate surface area is 195 Å². The van der Waals surface area contributed by atoms with Gasteiger partial charge in [0.25, 0.3) is 0 Å². The summed E-state index contributed by atoms with van der Waals surface area (Å²) in [5, 5.41) is 0. The van der Waals surface area contributed by atoms with Crippen LogP contribution in [0.2, 0.25) is 0 Å². The summed E-state index contributed by atoms with van der Waals surface area (Å²) in [4.78, 5) is 0. The molecule has 0 saturated heterocycles. The summed E-state index contributed by atoms with van der Waals surface area (Å²) in [5.74, 6) is 2.10. The Morgan fingerprint density at radius 3 is 1.97 bits per heavy atom. The van der Waals surface area contributed by atoms with Gasteiger partial charge < -0.3 is 4.74 Å². The first-order valence-electron chi connectivity index (χ1n) is 13.6. The van der Waals surface area contributed by atoms with Crippen molar-refractivity contribution in [1.29, 1.82) is 0 Å². The molecule has 0 amide bonds. The van der Waals surface area contributed by atoms with E-state index in [0.29, 0.717) is 12.5 Å². The van der Waals surface area contributed by atoms with Crippen molar-refractivity contribution in [3.05, 3.63) is 34.9 Å². The highest BCUT2D eigenvalue weighted by Gasteiger charge is 2.31. The van der Waals surface area contributed by atoms with Crippen molar-refractivity contribution < 1.29 is 13.5 Å². The number of halogens is 2. The largest absolute Gasteiger partial charge is 0.374 e. The molecular formula is C29H46F2O. The standard InChI is InChI=1S/C29H46F2O/c1-4-6-7-8-18-32-21(3)29-27(30)19-26(20-28(29)31)25-16-14-24(15-17-25)23-12-10-22(9-5-2)11-13-23/h19-25H,4-18H2,1-3H3. The summed E-state index contributed by atoms with van der Waals surface area (Å²) in [5.41, 5.74) is 0.950. The van der Waals surface area contributed by atoms with Crippen LogP contribution in [-0.4, -0.2) is 6.61 Å². The summed E-state index contributed by atoms with van der Waals surface area (Å²) >= 11 is 0. The molecule has 32 heavy (non-hydrogen) atoms. The normalized spacial score (nSPS) is 27.4. The zero-order valence-electron chi connectivity index (χ0n) is 20.8.